The summed E-state index contributed by atoms with van der Waals surface area (Å²) in [7, 11) is 1.62. The average Bonchev–Trinajstić information content (AvgIpc) is 3.49. The maximum Gasteiger partial charge on any atom is 0.251 e. The van der Waals surface area contributed by atoms with E-state index in [0.29, 0.717) is 54.0 Å². The minimum absolute atomic E-state index is 0. The largest absolute Gasteiger partial charge is 0.491 e. The number of nitrogens with zero attached hydrogens (tertiary/aromatic N) is 6. The van der Waals surface area contributed by atoms with Gasteiger partial charge in [0.25, 0.3) is 5.91 Å². The third kappa shape index (κ3) is 5.96. The molecule has 2 aromatic rings. The fraction of sp³-hybridized carbons (Fsp3) is 0.500. The number of carbonyl (C=O) groups is 1. The second-order valence-corrected chi connectivity index (χ2v) is 10.1. The van der Waals surface area contributed by atoms with Crippen molar-refractivity contribution in [1.29, 1.82) is 0 Å². The van der Waals surface area contributed by atoms with Gasteiger partial charge < -0.3 is 35.1 Å². The molecule has 0 bridgehead atoms. The van der Waals surface area contributed by atoms with Gasteiger partial charge in [-0.15, -0.1) is 12.4 Å². The van der Waals surface area contributed by atoms with E-state index >= 15 is 0 Å². The van der Waals surface area contributed by atoms with Gasteiger partial charge in [-0.2, -0.15) is 0 Å². The van der Waals surface area contributed by atoms with Crippen molar-refractivity contribution in [2.75, 3.05) is 90.7 Å². The van der Waals surface area contributed by atoms with Crippen molar-refractivity contribution in [3.05, 3.63) is 41.1 Å². The van der Waals surface area contributed by atoms with Crippen LogP contribution in [-0.4, -0.2) is 118 Å². The monoisotopic (exact) mass is 584 g/mol. The highest BCUT2D eigenvalue weighted by molar-refractivity contribution is 6.22. The molecule has 0 radical (unpaired) electrons. The molecule has 6 rings (SSSR count). The summed E-state index contributed by atoms with van der Waals surface area (Å²) < 4.78 is 17.5. The standard InChI is InChI=1S/C28H36N8O4.ClH/c1-38-25-21(40-16-2-10-34-14-17-39-18-15-34)5-3-20-23(25)33-28(36-13-9-31-27(20)36)24-19(26(29)37)4-6-22(32-24)35-11-7-30-8-12-35;/h3-6,30H,2,7-18H2,1H3,(H2,29,37);1H. The Hall–Kier alpha value is -3.45. The summed E-state index contributed by atoms with van der Waals surface area (Å²) in [5.41, 5.74) is 8.06. The van der Waals surface area contributed by atoms with Crippen LogP contribution in [0.1, 0.15) is 28.0 Å². The van der Waals surface area contributed by atoms with E-state index in [4.69, 9.17) is 34.9 Å². The zero-order chi connectivity index (χ0) is 27.5. The number of ether oxygens (including phenoxy) is 3. The van der Waals surface area contributed by atoms with Crippen LogP contribution in [0.5, 0.6) is 11.5 Å². The number of morpholine rings is 1. The lowest BCUT2D eigenvalue weighted by Crippen LogP contribution is -2.44. The van der Waals surface area contributed by atoms with Gasteiger partial charge in [-0.25, -0.2) is 9.98 Å². The summed E-state index contributed by atoms with van der Waals surface area (Å²) in [6.07, 6.45) is 0.889. The highest BCUT2D eigenvalue weighted by atomic mass is 35.5. The van der Waals surface area contributed by atoms with E-state index in [1.165, 1.54) is 0 Å². The Morgan fingerprint density at radius 1 is 1.07 bits per heavy atom. The van der Waals surface area contributed by atoms with E-state index in [0.717, 1.165) is 82.7 Å². The number of primary amides is 1. The number of hydrogen-bond donors (Lipinski definition) is 2. The van der Waals surface area contributed by atoms with Gasteiger partial charge in [0.1, 0.15) is 23.0 Å². The number of carbonyl (C=O) groups excluding carboxylic acids is 1. The molecule has 13 heteroatoms. The summed E-state index contributed by atoms with van der Waals surface area (Å²) in [6.45, 7) is 9.62. The van der Waals surface area contributed by atoms with Crippen molar-refractivity contribution in [1.82, 2.24) is 20.1 Å². The molecule has 220 valence electrons. The minimum atomic E-state index is -0.551. The summed E-state index contributed by atoms with van der Waals surface area (Å²) in [6, 6.07) is 7.50. The number of benzene rings is 1. The first-order valence-corrected chi connectivity index (χ1v) is 14.0. The molecule has 2 fully saturated rings. The van der Waals surface area contributed by atoms with Gasteiger partial charge >= 0.3 is 0 Å². The summed E-state index contributed by atoms with van der Waals surface area (Å²) in [4.78, 5) is 33.9. The van der Waals surface area contributed by atoms with Crippen LogP contribution >= 0.6 is 12.4 Å². The molecular weight excluding hydrogens is 548 g/mol. The van der Waals surface area contributed by atoms with Gasteiger partial charge in [0.05, 0.1) is 39.0 Å². The molecule has 3 N–H and O–H groups in total. The average molecular weight is 585 g/mol. The molecule has 1 aromatic carbocycles. The van der Waals surface area contributed by atoms with Crippen molar-refractivity contribution in [3.63, 3.8) is 0 Å². The second-order valence-electron chi connectivity index (χ2n) is 10.1. The number of aromatic nitrogens is 1. The van der Waals surface area contributed by atoms with E-state index in [2.05, 4.69) is 15.1 Å². The first-order chi connectivity index (χ1) is 19.6. The number of nitrogens with two attached hydrogens (primary N) is 1. The fourth-order valence-corrected chi connectivity index (χ4v) is 5.57. The molecule has 0 spiro atoms. The quantitative estimate of drug-likeness (QED) is 0.419. The Kier molecular flexibility index (Phi) is 9.23. The first-order valence-electron chi connectivity index (χ1n) is 14.0. The number of nitrogens with one attached hydrogen (secondary N) is 1. The highest BCUT2D eigenvalue weighted by Crippen LogP contribution is 2.44. The van der Waals surface area contributed by atoms with E-state index < -0.39 is 5.91 Å². The van der Waals surface area contributed by atoms with Gasteiger partial charge in [-0.3, -0.25) is 14.7 Å². The van der Waals surface area contributed by atoms with Gasteiger partial charge in [-0.05, 0) is 30.7 Å². The first kappa shape index (κ1) is 29.1. The predicted octanol–water partition coefficient (Wildman–Crippen LogP) is 1.28. The van der Waals surface area contributed by atoms with Crippen LogP contribution in [0.2, 0.25) is 0 Å². The summed E-state index contributed by atoms with van der Waals surface area (Å²) in [5, 5.41) is 3.36. The zero-order valence-corrected chi connectivity index (χ0v) is 24.1. The number of amides is 1. The van der Waals surface area contributed by atoms with E-state index in [1.807, 2.05) is 23.1 Å². The lowest BCUT2D eigenvalue weighted by atomic mass is 10.0. The van der Waals surface area contributed by atoms with Gasteiger partial charge in [-0.1, -0.05) is 0 Å². The summed E-state index contributed by atoms with van der Waals surface area (Å²) >= 11 is 0. The lowest BCUT2D eigenvalue weighted by Gasteiger charge is -2.31. The number of rotatable bonds is 9. The molecule has 0 unspecified atom stereocenters. The molecule has 1 amide bonds. The Bertz CT molecular complexity index is 1320. The van der Waals surface area contributed by atoms with Crippen molar-refractivity contribution in [2.24, 2.45) is 15.7 Å². The molecule has 12 nitrogen and oxygen atoms in total. The van der Waals surface area contributed by atoms with Crippen LogP contribution in [0.4, 0.5) is 11.5 Å². The molecule has 2 saturated heterocycles. The second kappa shape index (κ2) is 13.0. The Morgan fingerprint density at radius 2 is 1.88 bits per heavy atom. The van der Waals surface area contributed by atoms with Crippen LogP contribution in [0, 0.1) is 0 Å². The van der Waals surface area contributed by atoms with Crippen molar-refractivity contribution < 1.29 is 19.0 Å². The minimum Gasteiger partial charge on any atom is -0.491 e. The maximum atomic E-state index is 12.5. The third-order valence-corrected chi connectivity index (χ3v) is 7.63. The van der Waals surface area contributed by atoms with Crippen LogP contribution in [0.25, 0.3) is 0 Å². The Morgan fingerprint density at radius 3 is 2.63 bits per heavy atom. The van der Waals surface area contributed by atoms with E-state index in [-0.39, 0.29) is 12.4 Å². The van der Waals surface area contributed by atoms with Crippen molar-refractivity contribution in [3.8, 4) is 11.5 Å². The van der Waals surface area contributed by atoms with Gasteiger partial charge in [0, 0.05) is 57.9 Å². The molecule has 4 aliphatic rings. The third-order valence-electron chi connectivity index (χ3n) is 7.63. The fourth-order valence-electron chi connectivity index (χ4n) is 5.57. The van der Waals surface area contributed by atoms with Gasteiger partial charge in [0.2, 0.25) is 0 Å². The molecule has 0 atom stereocenters. The predicted molar refractivity (Wildman–Crippen MR) is 160 cm³/mol. The number of hydrogen-bond acceptors (Lipinski definition) is 11. The van der Waals surface area contributed by atoms with E-state index in [1.54, 1.807) is 13.2 Å². The zero-order valence-electron chi connectivity index (χ0n) is 23.3. The van der Waals surface area contributed by atoms with Gasteiger partial charge in [0.15, 0.2) is 17.3 Å². The molecular formula is C28H37ClN8O4. The Labute approximate surface area is 246 Å². The number of methoxy groups -OCH3 is 1. The number of anilines is 1. The molecule has 0 saturated carbocycles. The van der Waals surface area contributed by atoms with Crippen LogP contribution in [-0.2, 0) is 4.74 Å². The van der Waals surface area contributed by atoms with Crippen LogP contribution < -0.4 is 25.4 Å². The SMILES string of the molecule is COc1c(OCCCN2CCOCC2)ccc2c1N=C(c1nc(N3CCNCC3)ccc1C(N)=O)N1CCN=C21.Cl. The topological polar surface area (TPSA) is 130 Å². The smallest absolute Gasteiger partial charge is 0.251 e. The lowest BCUT2D eigenvalue weighted by molar-refractivity contribution is 0.0357. The highest BCUT2D eigenvalue weighted by Gasteiger charge is 2.35. The number of piperazine rings is 1. The number of halogens is 1. The van der Waals surface area contributed by atoms with Crippen LogP contribution in [0.3, 0.4) is 0 Å². The molecule has 5 heterocycles. The number of pyridine rings is 1. The number of aliphatic imine (C=N–C) groups is 2. The van der Waals surface area contributed by atoms with Crippen molar-refractivity contribution >= 4 is 41.5 Å². The van der Waals surface area contributed by atoms with E-state index in [9.17, 15) is 4.79 Å². The van der Waals surface area contributed by atoms with Crippen LogP contribution in [0.15, 0.2) is 34.3 Å². The summed E-state index contributed by atoms with van der Waals surface area (Å²) in [5.74, 6) is 2.71. The molecule has 4 aliphatic heterocycles. The molecule has 1 aromatic heterocycles. The molecule has 41 heavy (non-hydrogen) atoms. The normalized spacial score (nSPS) is 18.6. The Balaban J connectivity index is 0.00000337. The number of fused-ring (bicyclic) bond motifs is 3. The number of amidine groups is 2. The van der Waals surface area contributed by atoms with Crippen molar-refractivity contribution in [2.45, 2.75) is 6.42 Å². The molecule has 0 aliphatic carbocycles. The maximum absolute atomic E-state index is 12.5.